The molecule has 1 aromatic rings. The van der Waals surface area contributed by atoms with Gasteiger partial charge in [-0.25, -0.2) is 0 Å². The number of unbranched alkanes of at least 4 members (excludes halogenated alkanes) is 1. The topological polar surface area (TPSA) is 71.1 Å². The Morgan fingerprint density at radius 3 is 2.26 bits per heavy atom. The van der Waals surface area contributed by atoms with Crippen molar-refractivity contribution in [3.05, 3.63) is 23.8 Å². The highest BCUT2D eigenvalue weighted by Crippen LogP contribution is 2.34. The van der Waals surface area contributed by atoms with Crippen LogP contribution in [0, 0.1) is 0 Å². The van der Waals surface area contributed by atoms with E-state index in [1.54, 1.807) is 25.1 Å². The van der Waals surface area contributed by atoms with Gasteiger partial charge >= 0.3 is 8.25 Å². The van der Waals surface area contributed by atoms with Crippen molar-refractivity contribution in [3.63, 3.8) is 0 Å². The SMILES string of the molecule is CCCCC(O[PH](=O)OCC)C(=O)c1c(OC)cccc1OC. The molecule has 130 valence electrons. The number of rotatable bonds is 11. The summed E-state index contributed by atoms with van der Waals surface area (Å²) in [4.78, 5) is 12.9. The highest BCUT2D eigenvalue weighted by Gasteiger charge is 2.28. The lowest BCUT2D eigenvalue weighted by atomic mass is 10.00. The van der Waals surface area contributed by atoms with Crippen LogP contribution in [-0.2, 0) is 13.6 Å². The molecular formula is C16H25O6P. The Kier molecular flexibility index (Phi) is 8.92. The van der Waals surface area contributed by atoms with Crippen LogP contribution in [0.25, 0.3) is 0 Å². The molecule has 0 amide bonds. The van der Waals surface area contributed by atoms with E-state index in [0.717, 1.165) is 12.8 Å². The smallest absolute Gasteiger partial charge is 0.319 e. The summed E-state index contributed by atoms with van der Waals surface area (Å²) < 4.78 is 32.6. The van der Waals surface area contributed by atoms with Crippen molar-refractivity contribution in [2.75, 3.05) is 20.8 Å². The number of carbonyl (C=O) groups is 1. The van der Waals surface area contributed by atoms with Gasteiger partial charge in [-0.15, -0.1) is 0 Å². The zero-order chi connectivity index (χ0) is 17.2. The lowest BCUT2D eigenvalue weighted by Gasteiger charge is -2.19. The summed E-state index contributed by atoms with van der Waals surface area (Å²) in [6.07, 6.45) is 1.28. The number of ketones is 1. The number of carbonyl (C=O) groups excluding carboxylic acids is 1. The van der Waals surface area contributed by atoms with Crippen molar-refractivity contribution < 1.29 is 27.9 Å². The van der Waals surface area contributed by atoms with Gasteiger partial charge in [0.25, 0.3) is 0 Å². The zero-order valence-corrected chi connectivity index (χ0v) is 15.1. The highest BCUT2D eigenvalue weighted by atomic mass is 31.1. The second kappa shape index (κ2) is 10.4. The van der Waals surface area contributed by atoms with Crippen molar-refractivity contribution in [2.45, 2.75) is 39.2 Å². The van der Waals surface area contributed by atoms with Crippen LogP contribution < -0.4 is 9.47 Å². The average Bonchev–Trinajstić information content (AvgIpc) is 2.57. The van der Waals surface area contributed by atoms with E-state index in [2.05, 4.69) is 0 Å². The van der Waals surface area contributed by atoms with E-state index in [1.165, 1.54) is 14.2 Å². The Balaban J connectivity index is 3.10. The predicted octanol–water partition coefficient (Wildman–Crippen LogP) is 3.89. The summed E-state index contributed by atoms with van der Waals surface area (Å²) in [6.45, 7) is 4.00. The maximum absolute atomic E-state index is 12.9. The van der Waals surface area contributed by atoms with Gasteiger partial charge in [0, 0.05) is 0 Å². The standard InChI is InChI=1S/C16H25O6P/c1-5-7-9-14(22-23(18)21-6-2)16(17)15-12(19-3)10-8-11-13(15)20-4/h8,10-11,14,23H,5-7,9H2,1-4H3. The van der Waals surface area contributed by atoms with Crippen LogP contribution >= 0.6 is 8.25 Å². The molecule has 23 heavy (non-hydrogen) atoms. The molecule has 0 fully saturated rings. The molecule has 0 saturated heterocycles. The minimum absolute atomic E-state index is 0.268. The number of benzene rings is 1. The van der Waals surface area contributed by atoms with E-state index in [0.29, 0.717) is 23.5 Å². The maximum Gasteiger partial charge on any atom is 0.319 e. The van der Waals surface area contributed by atoms with Gasteiger partial charge in [-0.1, -0.05) is 25.8 Å². The molecule has 6 nitrogen and oxygen atoms in total. The number of methoxy groups -OCH3 is 2. The van der Waals surface area contributed by atoms with Gasteiger partial charge in [0.05, 0.1) is 20.8 Å². The fourth-order valence-electron chi connectivity index (χ4n) is 2.16. The van der Waals surface area contributed by atoms with Crippen molar-refractivity contribution >= 4 is 14.0 Å². The lowest BCUT2D eigenvalue weighted by Crippen LogP contribution is -2.23. The summed E-state index contributed by atoms with van der Waals surface area (Å²) >= 11 is 0. The minimum Gasteiger partial charge on any atom is -0.496 e. The van der Waals surface area contributed by atoms with Gasteiger partial charge in [-0.3, -0.25) is 13.9 Å². The quantitative estimate of drug-likeness (QED) is 0.448. The van der Waals surface area contributed by atoms with Crippen molar-refractivity contribution in [2.24, 2.45) is 0 Å². The van der Waals surface area contributed by atoms with E-state index >= 15 is 0 Å². The number of hydrogen-bond donors (Lipinski definition) is 0. The Morgan fingerprint density at radius 1 is 1.17 bits per heavy atom. The van der Waals surface area contributed by atoms with Crippen molar-refractivity contribution in [1.82, 2.24) is 0 Å². The molecule has 1 aromatic carbocycles. The first kappa shape index (κ1) is 19.7. The fraction of sp³-hybridized carbons (Fsp3) is 0.562. The largest absolute Gasteiger partial charge is 0.496 e. The molecule has 0 aliphatic rings. The minimum atomic E-state index is -2.71. The number of hydrogen-bond acceptors (Lipinski definition) is 6. The second-order valence-corrected chi connectivity index (χ2v) is 5.86. The Labute approximate surface area is 138 Å². The summed E-state index contributed by atoms with van der Waals surface area (Å²) in [7, 11) is 0.253. The molecule has 0 radical (unpaired) electrons. The highest BCUT2D eigenvalue weighted by molar-refractivity contribution is 7.33. The predicted molar refractivity (Wildman–Crippen MR) is 88.9 cm³/mol. The van der Waals surface area contributed by atoms with Crippen LogP contribution in [0.3, 0.4) is 0 Å². The van der Waals surface area contributed by atoms with E-state index in [-0.39, 0.29) is 12.4 Å². The Hall–Kier alpha value is -1.36. The van der Waals surface area contributed by atoms with Crippen molar-refractivity contribution in [3.8, 4) is 11.5 Å². The molecule has 2 unspecified atom stereocenters. The molecule has 0 saturated carbocycles. The Bertz CT molecular complexity index is 509. The van der Waals surface area contributed by atoms with Gasteiger partial charge in [0.1, 0.15) is 23.2 Å². The van der Waals surface area contributed by atoms with E-state index in [4.69, 9.17) is 18.5 Å². The molecular weight excluding hydrogens is 319 g/mol. The van der Waals surface area contributed by atoms with Gasteiger partial charge < -0.3 is 14.0 Å². The molecule has 0 N–H and O–H groups in total. The van der Waals surface area contributed by atoms with E-state index < -0.39 is 14.4 Å². The van der Waals surface area contributed by atoms with Gasteiger partial charge in [-0.2, -0.15) is 0 Å². The van der Waals surface area contributed by atoms with Crippen LogP contribution in [0.1, 0.15) is 43.5 Å². The molecule has 0 heterocycles. The maximum atomic E-state index is 12.9. The van der Waals surface area contributed by atoms with Crippen LogP contribution in [0.15, 0.2) is 18.2 Å². The zero-order valence-electron chi connectivity index (χ0n) is 14.1. The first-order chi connectivity index (χ1) is 11.1. The molecule has 1 rings (SSSR count). The molecule has 7 heteroatoms. The van der Waals surface area contributed by atoms with Gasteiger partial charge in [0.2, 0.25) is 0 Å². The fourth-order valence-corrected chi connectivity index (χ4v) is 2.92. The third-order valence-electron chi connectivity index (χ3n) is 3.29. The van der Waals surface area contributed by atoms with Crippen molar-refractivity contribution in [1.29, 1.82) is 0 Å². The third-order valence-corrected chi connectivity index (χ3v) is 4.29. The van der Waals surface area contributed by atoms with E-state index in [1.807, 2.05) is 6.92 Å². The van der Waals surface area contributed by atoms with Gasteiger partial charge in [-0.05, 0) is 25.5 Å². The number of Topliss-reactive ketones (excluding diaryl/α,β-unsaturated/α-hetero) is 1. The summed E-state index contributed by atoms with van der Waals surface area (Å²) in [5, 5.41) is 0. The first-order valence-corrected chi connectivity index (χ1v) is 8.90. The number of ether oxygens (including phenoxy) is 2. The second-order valence-electron chi connectivity index (χ2n) is 4.83. The molecule has 0 aromatic heterocycles. The monoisotopic (exact) mass is 344 g/mol. The van der Waals surface area contributed by atoms with Crippen LogP contribution in [0.2, 0.25) is 0 Å². The average molecular weight is 344 g/mol. The first-order valence-electron chi connectivity index (χ1n) is 7.67. The summed E-state index contributed by atoms with van der Waals surface area (Å²) in [5.74, 6) is 0.483. The summed E-state index contributed by atoms with van der Waals surface area (Å²) in [6, 6.07) is 5.09. The molecule has 0 aliphatic carbocycles. The Morgan fingerprint density at radius 2 is 1.78 bits per heavy atom. The molecule has 0 aliphatic heterocycles. The third kappa shape index (κ3) is 5.65. The molecule has 2 atom stereocenters. The van der Waals surface area contributed by atoms with Crippen LogP contribution in [0.5, 0.6) is 11.5 Å². The lowest BCUT2D eigenvalue weighted by molar-refractivity contribution is 0.0743. The summed E-state index contributed by atoms with van der Waals surface area (Å²) in [5.41, 5.74) is 0.296. The van der Waals surface area contributed by atoms with Gasteiger partial charge in [0.15, 0.2) is 5.78 Å². The van der Waals surface area contributed by atoms with E-state index in [9.17, 15) is 9.36 Å². The van der Waals surface area contributed by atoms with Crippen LogP contribution in [-0.4, -0.2) is 32.7 Å². The molecule has 0 spiro atoms. The molecule has 0 bridgehead atoms. The van der Waals surface area contributed by atoms with Crippen LogP contribution in [0.4, 0.5) is 0 Å². The normalized spacial score (nSPS) is 13.4.